The van der Waals surface area contributed by atoms with Crippen LogP contribution in [0.25, 0.3) is 0 Å². The molecule has 0 fully saturated rings. The van der Waals surface area contributed by atoms with Crippen molar-refractivity contribution in [2.75, 3.05) is 5.32 Å². The molecule has 4 rings (SSSR count). The number of carbonyl (C=O) groups excluding carboxylic acids is 2. The first-order valence-electron chi connectivity index (χ1n) is 8.54. The second-order valence-electron chi connectivity index (χ2n) is 6.27. The van der Waals surface area contributed by atoms with Gasteiger partial charge in [-0.05, 0) is 48.0 Å². The van der Waals surface area contributed by atoms with Gasteiger partial charge in [0, 0.05) is 20.2 Å². The molecule has 0 saturated carbocycles. The van der Waals surface area contributed by atoms with Crippen molar-refractivity contribution in [1.82, 2.24) is 10.4 Å². The van der Waals surface area contributed by atoms with Crippen molar-refractivity contribution in [3.8, 4) is 0 Å². The van der Waals surface area contributed by atoms with Gasteiger partial charge in [0.15, 0.2) is 0 Å². The maximum absolute atomic E-state index is 13.2. The number of carbonyl (C=O) groups is 2. The normalized spacial score (nSPS) is 15.6. The number of rotatable bonds is 3. The molecule has 1 atom stereocenters. The molecule has 1 unspecified atom stereocenters. The first kappa shape index (κ1) is 18.7. The Labute approximate surface area is 179 Å². The Morgan fingerprint density at radius 1 is 0.929 bits per heavy atom. The van der Waals surface area contributed by atoms with E-state index in [0.29, 0.717) is 11.1 Å². The van der Waals surface area contributed by atoms with Crippen LogP contribution in [0.15, 0.2) is 81.7 Å². The largest absolute Gasteiger partial charge is 0.359 e. The number of hydrogen-bond donors (Lipinski definition) is 2. The molecule has 1 aliphatic heterocycles. The lowest BCUT2D eigenvalue weighted by Gasteiger charge is -2.37. The lowest BCUT2D eigenvalue weighted by molar-refractivity contribution is 0.0491. The summed E-state index contributed by atoms with van der Waals surface area (Å²) in [7, 11) is 0. The van der Waals surface area contributed by atoms with Gasteiger partial charge < -0.3 is 5.32 Å². The number of hydrogen-bond acceptors (Lipinski definition) is 3. The molecule has 0 bridgehead atoms. The standard InChI is InChI=1S/C21H15Br2N3O2/c22-15-8-6-14(7-9-15)20(27)25-26-19(13-4-2-1-3-5-13)24-18-11-10-16(23)12-17(18)21(26)28/h1-12,19,24H,(H,25,27). The van der Waals surface area contributed by atoms with Crippen molar-refractivity contribution < 1.29 is 9.59 Å². The van der Waals surface area contributed by atoms with E-state index in [1.54, 1.807) is 30.3 Å². The number of hydrazine groups is 1. The second-order valence-corrected chi connectivity index (χ2v) is 8.10. The summed E-state index contributed by atoms with van der Waals surface area (Å²) >= 11 is 6.76. The van der Waals surface area contributed by atoms with Crippen LogP contribution in [-0.2, 0) is 0 Å². The van der Waals surface area contributed by atoms with Crippen LogP contribution in [0.4, 0.5) is 5.69 Å². The molecule has 2 N–H and O–H groups in total. The summed E-state index contributed by atoms with van der Waals surface area (Å²) in [5.41, 5.74) is 5.29. The molecule has 0 aliphatic carbocycles. The molecule has 28 heavy (non-hydrogen) atoms. The molecule has 3 aromatic rings. The van der Waals surface area contributed by atoms with Crippen LogP contribution >= 0.6 is 31.9 Å². The van der Waals surface area contributed by atoms with E-state index >= 15 is 0 Å². The first-order valence-corrected chi connectivity index (χ1v) is 10.1. The summed E-state index contributed by atoms with van der Waals surface area (Å²) in [4.78, 5) is 26.0. The number of nitrogens with zero attached hydrogens (tertiary/aromatic N) is 1. The molecule has 7 heteroatoms. The molecule has 140 valence electrons. The summed E-state index contributed by atoms with van der Waals surface area (Å²) in [6.45, 7) is 0. The summed E-state index contributed by atoms with van der Waals surface area (Å²) in [6, 6.07) is 21.9. The van der Waals surface area contributed by atoms with Gasteiger partial charge in [0.05, 0.1) is 5.56 Å². The fraction of sp³-hybridized carbons (Fsp3) is 0.0476. The van der Waals surface area contributed by atoms with Gasteiger partial charge in [0.1, 0.15) is 6.17 Å². The highest BCUT2D eigenvalue weighted by Gasteiger charge is 2.34. The monoisotopic (exact) mass is 499 g/mol. The van der Waals surface area contributed by atoms with Crippen LogP contribution in [0.3, 0.4) is 0 Å². The first-order chi connectivity index (χ1) is 13.5. The van der Waals surface area contributed by atoms with E-state index in [1.807, 2.05) is 42.5 Å². The minimum atomic E-state index is -0.526. The van der Waals surface area contributed by atoms with Gasteiger partial charge in [-0.3, -0.25) is 15.0 Å². The minimum Gasteiger partial charge on any atom is -0.359 e. The van der Waals surface area contributed by atoms with Gasteiger partial charge >= 0.3 is 0 Å². The summed E-state index contributed by atoms with van der Waals surface area (Å²) in [5, 5.41) is 4.69. The van der Waals surface area contributed by atoms with Crippen molar-refractivity contribution in [1.29, 1.82) is 0 Å². The zero-order valence-corrected chi connectivity index (χ0v) is 17.7. The summed E-state index contributed by atoms with van der Waals surface area (Å²) in [6.07, 6.45) is -0.526. The molecule has 5 nitrogen and oxygen atoms in total. The molecule has 0 radical (unpaired) electrons. The summed E-state index contributed by atoms with van der Waals surface area (Å²) < 4.78 is 1.67. The van der Waals surface area contributed by atoms with E-state index in [4.69, 9.17) is 0 Å². The third-order valence-corrected chi connectivity index (χ3v) is 5.45. The van der Waals surface area contributed by atoms with Crippen LogP contribution in [0.1, 0.15) is 32.4 Å². The fourth-order valence-electron chi connectivity index (χ4n) is 3.04. The molecular weight excluding hydrogens is 486 g/mol. The topological polar surface area (TPSA) is 61.4 Å². The third-order valence-electron chi connectivity index (χ3n) is 4.42. The molecule has 0 aromatic heterocycles. The Kier molecular flexibility index (Phi) is 5.19. The van der Waals surface area contributed by atoms with E-state index in [2.05, 4.69) is 42.6 Å². The van der Waals surface area contributed by atoms with Crippen LogP contribution < -0.4 is 10.7 Å². The van der Waals surface area contributed by atoms with Crippen LogP contribution in [0.5, 0.6) is 0 Å². The average molecular weight is 501 g/mol. The smallest absolute Gasteiger partial charge is 0.276 e. The lowest BCUT2D eigenvalue weighted by atomic mass is 10.0. The van der Waals surface area contributed by atoms with E-state index < -0.39 is 6.17 Å². The Balaban J connectivity index is 1.71. The maximum atomic E-state index is 13.2. The zero-order chi connectivity index (χ0) is 19.7. The van der Waals surface area contributed by atoms with E-state index in [-0.39, 0.29) is 11.8 Å². The second kappa shape index (κ2) is 7.77. The molecular formula is C21H15Br2N3O2. The fourth-order valence-corrected chi connectivity index (χ4v) is 3.66. The Morgan fingerprint density at radius 2 is 1.61 bits per heavy atom. The highest BCUT2D eigenvalue weighted by Crippen LogP contribution is 2.33. The Hall–Kier alpha value is -2.64. The number of halogens is 2. The van der Waals surface area contributed by atoms with Crippen molar-refractivity contribution >= 4 is 49.4 Å². The molecule has 0 saturated heterocycles. The SMILES string of the molecule is O=C(NN1C(=O)c2cc(Br)ccc2NC1c1ccccc1)c1ccc(Br)cc1. The van der Waals surface area contributed by atoms with Crippen molar-refractivity contribution in [3.63, 3.8) is 0 Å². The van der Waals surface area contributed by atoms with Gasteiger partial charge in [-0.2, -0.15) is 0 Å². The molecule has 2 amide bonds. The minimum absolute atomic E-state index is 0.283. The third kappa shape index (κ3) is 3.68. The van der Waals surface area contributed by atoms with Crippen LogP contribution in [-0.4, -0.2) is 16.8 Å². The van der Waals surface area contributed by atoms with E-state index in [0.717, 1.165) is 20.2 Å². The highest BCUT2D eigenvalue weighted by atomic mass is 79.9. The number of anilines is 1. The van der Waals surface area contributed by atoms with E-state index in [9.17, 15) is 9.59 Å². The van der Waals surface area contributed by atoms with Crippen LogP contribution in [0, 0.1) is 0 Å². The van der Waals surface area contributed by atoms with Crippen molar-refractivity contribution in [2.24, 2.45) is 0 Å². The molecule has 0 spiro atoms. The molecule has 1 heterocycles. The number of benzene rings is 3. The van der Waals surface area contributed by atoms with Gasteiger partial charge in [0.2, 0.25) is 0 Å². The molecule has 3 aromatic carbocycles. The quantitative estimate of drug-likeness (QED) is 0.524. The van der Waals surface area contributed by atoms with E-state index in [1.165, 1.54) is 5.01 Å². The maximum Gasteiger partial charge on any atom is 0.276 e. The number of nitrogens with one attached hydrogen (secondary N) is 2. The predicted molar refractivity (Wildman–Crippen MR) is 115 cm³/mol. The van der Waals surface area contributed by atoms with Gasteiger partial charge in [-0.15, -0.1) is 0 Å². The number of amides is 2. The lowest BCUT2D eigenvalue weighted by Crippen LogP contribution is -2.52. The highest BCUT2D eigenvalue weighted by molar-refractivity contribution is 9.10. The van der Waals surface area contributed by atoms with Gasteiger partial charge in [0.25, 0.3) is 11.8 Å². The average Bonchev–Trinajstić information content (AvgIpc) is 2.71. The molecule has 1 aliphatic rings. The summed E-state index contributed by atoms with van der Waals surface area (Å²) in [5.74, 6) is -0.642. The van der Waals surface area contributed by atoms with Gasteiger partial charge in [-0.1, -0.05) is 62.2 Å². The van der Waals surface area contributed by atoms with Gasteiger partial charge in [-0.25, -0.2) is 5.01 Å². The Bertz CT molecular complexity index is 1040. The Morgan fingerprint density at radius 3 is 2.32 bits per heavy atom. The zero-order valence-electron chi connectivity index (χ0n) is 14.5. The van der Waals surface area contributed by atoms with Crippen molar-refractivity contribution in [3.05, 3.63) is 98.4 Å². The number of fused-ring (bicyclic) bond motifs is 1. The van der Waals surface area contributed by atoms with Crippen molar-refractivity contribution in [2.45, 2.75) is 6.17 Å². The predicted octanol–water partition coefficient (Wildman–Crippen LogP) is 5.12. The van der Waals surface area contributed by atoms with Crippen LogP contribution in [0.2, 0.25) is 0 Å².